The molecule has 0 atom stereocenters. The molecule has 4 rings (SSSR count). The Bertz CT molecular complexity index is 2170. The van der Waals surface area contributed by atoms with Crippen LogP contribution in [-0.2, 0) is 53.3 Å². The van der Waals surface area contributed by atoms with E-state index in [2.05, 4.69) is 13.8 Å². The second kappa shape index (κ2) is 23.6. The van der Waals surface area contributed by atoms with Crippen molar-refractivity contribution in [3.05, 3.63) is 96.1 Å². The van der Waals surface area contributed by atoms with Gasteiger partial charge in [0.25, 0.3) is 20.2 Å². The number of hydrogen-bond acceptors (Lipinski definition) is 12. The molecule has 4 aromatic rings. The fourth-order valence-corrected chi connectivity index (χ4v) is 7.86. The Morgan fingerprint density at radius 3 is 1.09 bits per heavy atom. The van der Waals surface area contributed by atoms with Crippen LogP contribution in [0.2, 0.25) is 0 Å². The Labute approximate surface area is 374 Å². The van der Waals surface area contributed by atoms with Crippen molar-refractivity contribution in [2.24, 2.45) is 0 Å². The number of para-hydroxylation sites is 4. The van der Waals surface area contributed by atoms with Crippen LogP contribution < -0.4 is 68.6 Å². The summed E-state index contributed by atoms with van der Waals surface area (Å²) in [5, 5.41) is 0. The van der Waals surface area contributed by atoms with Gasteiger partial charge in [0.15, 0.2) is 0 Å². The van der Waals surface area contributed by atoms with Crippen LogP contribution in [0.3, 0.4) is 0 Å². The molecule has 0 saturated heterocycles. The topological polar surface area (TPSA) is 242 Å². The minimum absolute atomic E-state index is 0. The van der Waals surface area contributed by atoms with Crippen molar-refractivity contribution in [3.63, 3.8) is 0 Å². The van der Waals surface area contributed by atoms with Crippen LogP contribution in [-0.4, -0.2) is 51.9 Å². The Balaban J connectivity index is 0.000000541. The van der Waals surface area contributed by atoms with E-state index in [1.807, 2.05) is 0 Å². The summed E-state index contributed by atoms with van der Waals surface area (Å²) < 4.78 is 146. The van der Waals surface area contributed by atoms with Crippen molar-refractivity contribution >= 4 is 40.5 Å². The van der Waals surface area contributed by atoms with Crippen LogP contribution in [0.25, 0.3) is 0 Å². The molecule has 2 N–H and O–H groups in total. The van der Waals surface area contributed by atoms with Gasteiger partial charge in [-0.05, 0) is 73.2 Å². The first-order valence-electron chi connectivity index (χ1n) is 16.9. The zero-order valence-electron chi connectivity index (χ0n) is 31.6. The fraction of sp³-hybridized carbons (Fsp3) is 0.333. The number of benzene rings is 4. The van der Waals surface area contributed by atoms with Crippen molar-refractivity contribution in [3.8, 4) is 23.0 Å². The van der Waals surface area contributed by atoms with Crippen LogP contribution in [0, 0.1) is 0 Å². The summed E-state index contributed by atoms with van der Waals surface area (Å²) >= 11 is 0. The second-order valence-electron chi connectivity index (χ2n) is 12.1. The number of ether oxygens (including phenoxy) is 2. The van der Waals surface area contributed by atoms with Crippen LogP contribution in [0.4, 0.5) is 0 Å². The maximum Gasteiger partial charge on any atom is 1.00 e. The van der Waals surface area contributed by atoms with Crippen molar-refractivity contribution in [1.29, 1.82) is 0 Å². The predicted octanol–water partition coefficient (Wildman–Crippen LogP) is 1.51. The molecule has 0 bridgehead atoms. The minimum atomic E-state index is -4.85. The summed E-state index contributed by atoms with van der Waals surface area (Å²) in [5.41, 5.74) is 0.960. The maximum atomic E-state index is 11.7. The molecule has 0 unspecified atom stereocenters. The molecule has 0 aliphatic carbocycles. The molecule has 14 nitrogen and oxygen atoms in total. The van der Waals surface area contributed by atoms with E-state index in [4.69, 9.17) is 9.47 Å². The summed E-state index contributed by atoms with van der Waals surface area (Å²) in [5.74, 6) is -0.933. The van der Waals surface area contributed by atoms with Crippen LogP contribution in [0.5, 0.6) is 23.0 Å². The number of rotatable bonds is 18. The van der Waals surface area contributed by atoms with Gasteiger partial charge in [-0.15, -0.1) is 0 Å². The van der Waals surface area contributed by atoms with Gasteiger partial charge in [0.1, 0.15) is 53.0 Å². The van der Waals surface area contributed by atoms with Crippen molar-refractivity contribution in [1.82, 2.24) is 0 Å². The third-order valence-corrected chi connectivity index (χ3v) is 11.4. The van der Waals surface area contributed by atoms with E-state index in [1.54, 1.807) is 12.1 Å². The number of aryl methyl sites for hydroxylation is 2. The van der Waals surface area contributed by atoms with E-state index >= 15 is 0 Å². The summed E-state index contributed by atoms with van der Waals surface area (Å²) in [6, 6.07) is 18.9. The molecule has 296 valence electrons. The molecule has 0 aliphatic rings. The minimum Gasteiger partial charge on any atom is -0.744 e. The first-order valence-corrected chi connectivity index (χ1v) is 22.6. The largest absolute Gasteiger partial charge is 1.00 e. The van der Waals surface area contributed by atoms with E-state index in [9.17, 15) is 51.9 Å². The molecule has 0 aliphatic heterocycles. The molecule has 0 amide bonds. The van der Waals surface area contributed by atoms with Gasteiger partial charge in [-0.3, -0.25) is 9.11 Å². The monoisotopic (exact) mass is 872 g/mol. The van der Waals surface area contributed by atoms with Gasteiger partial charge in [0.2, 0.25) is 0 Å². The molecule has 4 aromatic carbocycles. The molecule has 0 spiro atoms. The fourth-order valence-electron chi connectivity index (χ4n) is 5.34. The second-order valence-corrected chi connectivity index (χ2v) is 17.5. The van der Waals surface area contributed by atoms with Gasteiger partial charge in [0.05, 0.1) is 9.79 Å². The molecule has 0 heterocycles. The van der Waals surface area contributed by atoms with Crippen LogP contribution >= 0.6 is 0 Å². The summed E-state index contributed by atoms with van der Waals surface area (Å²) in [6.45, 7) is 4.12. The summed E-state index contributed by atoms with van der Waals surface area (Å²) in [6.07, 6.45) is 8.37. The van der Waals surface area contributed by atoms with Crippen molar-refractivity contribution in [2.45, 2.75) is 97.6 Å². The Kier molecular flexibility index (Phi) is 22.0. The molecular formula is C36H42Na2O14S4. The smallest absolute Gasteiger partial charge is 0.744 e. The van der Waals surface area contributed by atoms with E-state index in [-0.39, 0.29) is 82.1 Å². The zero-order valence-corrected chi connectivity index (χ0v) is 38.8. The zero-order chi connectivity index (χ0) is 40.2. The number of unbranched alkanes of at least 4 members (excludes halogenated alkanes) is 6. The van der Waals surface area contributed by atoms with Crippen LogP contribution in [0.15, 0.2) is 105 Å². The van der Waals surface area contributed by atoms with Gasteiger partial charge in [-0.2, -0.15) is 16.8 Å². The van der Waals surface area contributed by atoms with Crippen molar-refractivity contribution in [2.75, 3.05) is 0 Å². The van der Waals surface area contributed by atoms with Gasteiger partial charge < -0.3 is 18.6 Å². The Hall–Kier alpha value is -1.88. The molecular weight excluding hydrogens is 831 g/mol. The molecule has 0 saturated carbocycles. The van der Waals surface area contributed by atoms with E-state index < -0.39 is 60.1 Å². The third-order valence-electron chi connectivity index (χ3n) is 7.94. The quantitative estimate of drug-likeness (QED) is 0.0819. The Morgan fingerprint density at radius 1 is 0.464 bits per heavy atom. The summed E-state index contributed by atoms with van der Waals surface area (Å²) in [4.78, 5) is -2.17. The summed E-state index contributed by atoms with van der Waals surface area (Å²) in [7, 11) is -18.9. The van der Waals surface area contributed by atoms with E-state index in [0.717, 1.165) is 75.6 Å². The molecule has 0 aromatic heterocycles. The standard InChI is InChI=1S/2C18H22O7S2.2Na/c2*1-2-3-4-5-9-14-10-8-13-17(27(22,23)24)18(14)25-15-11-6-7-12-16(15)26(19,20)21;;/h2*6-8,10-13H,2-5,9H2,1H3,(H,19,20,21)(H,22,23,24);;/q;;2*+1/p-2. The molecule has 20 heteroatoms. The normalized spacial score (nSPS) is 11.7. The SMILES string of the molecule is CCCCCCc1cccc(S(=O)(=O)[O-])c1Oc1ccccc1S(=O)(=O)O.CCCCCCc1cccc(S(=O)(=O)[O-])c1Oc1ccccc1S(=O)(=O)O.[Na+].[Na+]. The Morgan fingerprint density at radius 2 is 0.786 bits per heavy atom. The average Bonchev–Trinajstić information content (AvgIpc) is 3.08. The average molecular weight is 873 g/mol. The van der Waals surface area contributed by atoms with Gasteiger partial charge in [-0.1, -0.05) is 101 Å². The van der Waals surface area contributed by atoms with E-state index in [1.165, 1.54) is 48.5 Å². The van der Waals surface area contributed by atoms with E-state index in [0.29, 0.717) is 24.0 Å². The van der Waals surface area contributed by atoms with Gasteiger partial charge in [0, 0.05) is 0 Å². The van der Waals surface area contributed by atoms with Crippen molar-refractivity contribution < 1.29 is 120 Å². The van der Waals surface area contributed by atoms with Gasteiger partial charge >= 0.3 is 59.1 Å². The maximum absolute atomic E-state index is 11.7. The molecule has 0 radical (unpaired) electrons. The molecule has 0 fully saturated rings. The first kappa shape index (κ1) is 52.1. The number of hydrogen-bond donors (Lipinski definition) is 2. The first-order chi connectivity index (χ1) is 25.3. The van der Waals surface area contributed by atoms with Crippen LogP contribution in [0.1, 0.15) is 76.3 Å². The predicted molar refractivity (Wildman–Crippen MR) is 197 cm³/mol. The third kappa shape index (κ3) is 16.1. The molecule has 56 heavy (non-hydrogen) atoms. The van der Waals surface area contributed by atoms with Gasteiger partial charge in [-0.25, -0.2) is 16.8 Å².